The standard InChI is InChI=1S/C23H25NO3S2/c1-3-12-24(15-18-9-8-17(2)26-18)16-19-10-11-20(27-19)23(25,21-6-4-13-28-21)22-7-5-14-29-22/h4-11,13-14,25H,3,12,15-16H2,1-2H3. The normalized spacial score (nSPS) is 12.1. The van der Waals surface area contributed by atoms with Crippen molar-refractivity contribution in [2.75, 3.05) is 6.54 Å². The Balaban J connectivity index is 1.59. The predicted octanol–water partition coefficient (Wildman–Crippen LogP) is 6.00. The van der Waals surface area contributed by atoms with Crippen molar-refractivity contribution in [1.29, 1.82) is 0 Å². The van der Waals surface area contributed by atoms with E-state index >= 15 is 0 Å². The van der Waals surface area contributed by atoms with Crippen LogP contribution in [0.3, 0.4) is 0 Å². The Labute approximate surface area is 179 Å². The first kappa shape index (κ1) is 20.2. The zero-order valence-electron chi connectivity index (χ0n) is 16.6. The molecule has 0 aliphatic heterocycles. The second kappa shape index (κ2) is 8.71. The van der Waals surface area contributed by atoms with Gasteiger partial charge in [0.15, 0.2) is 5.60 Å². The smallest absolute Gasteiger partial charge is 0.191 e. The molecule has 1 N–H and O–H groups in total. The van der Waals surface area contributed by atoms with Crippen molar-refractivity contribution in [3.05, 3.63) is 92.1 Å². The molecule has 4 aromatic heterocycles. The minimum Gasteiger partial charge on any atom is -0.465 e. The largest absolute Gasteiger partial charge is 0.465 e. The highest BCUT2D eigenvalue weighted by atomic mass is 32.1. The third-order valence-electron chi connectivity index (χ3n) is 4.87. The van der Waals surface area contributed by atoms with Crippen LogP contribution in [0.2, 0.25) is 0 Å². The predicted molar refractivity (Wildman–Crippen MR) is 117 cm³/mol. The molecule has 6 heteroatoms. The third-order valence-corrected chi connectivity index (χ3v) is 6.83. The van der Waals surface area contributed by atoms with Crippen molar-refractivity contribution in [3.8, 4) is 0 Å². The molecule has 0 amide bonds. The maximum Gasteiger partial charge on any atom is 0.191 e. The van der Waals surface area contributed by atoms with Crippen LogP contribution < -0.4 is 0 Å². The number of nitrogens with zero attached hydrogens (tertiary/aromatic N) is 1. The second-order valence-corrected chi connectivity index (χ2v) is 9.05. The third kappa shape index (κ3) is 4.26. The summed E-state index contributed by atoms with van der Waals surface area (Å²) in [5.41, 5.74) is -1.26. The molecule has 4 heterocycles. The van der Waals surface area contributed by atoms with Crippen LogP contribution in [0.15, 0.2) is 68.1 Å². The summed E-state index contributed by atoms with van der Waals surface area (Å²) in [4.78, 5) is 4.02. The number of hydrogen-bond acceptors (Lipinski definition) is 6. The molecule has 4 nitrogen and oxygen atoms in total. The zero-order valence-corrected chi connectivity index (χ0v) is 18.3. The molecule has 0 saturated heterocycles. The molecule has 0 aliphatic rings. The van der Waals surface area contributed by atoms with Crippen LogP contribution in [0.5, 0.6) is 0 Å². The highest BCUT2D eigenvalue weighted by molar-refractivity contribution is 7.11. The van der Waals surface area contributed by atoms with Crippen molar-refractivity contribution in [1.82, 2.24) is 4.90 Å². The van der Waals surface area contributed by atoms with E-state index in [2.05, 4.69) is 11.8 Å². The van der Waals surface area contributed by atoms with E-state index in [0.717, 1.165) is 46.5 Å². The minimum absolute atomic E-state index is 0.558. The number of thiophene rings is 2. The summed E-state index contributed by atoms with van der Waals surface area (Å²) < 4.78 is 12.0. The topological polar surface area (TPSA) is 49.8 Å². The Hall–Kier alpha value is -2.12. The lowest BCUT2D eigenvalue weighted by Crippen LogP contribution is -2.26. The van der Waals surface area contributed by atoms with Crippen LogP contribution in [0, 0.1) is 6.92 Å². The molecule has 0 fully saturated rings. The molecule has 4 rings (SSSR count). The van der Waals surface area contributed by atoms with E-state index in [4.69, 9.17) is 8.83 Å². The molecule has 0 bridgehead atoms. The van der Waals surface area contributed by atoms with Gasteiger partial charge in [0.1, 0.15) is 23.0 Å². The van der Waals surface area contributed by atoms with Gasteiger partial charge in [-0.2, -0.15) is 0 Å². The number of hydrogen-bond donors (Lipinski definition) is 1. The summed E-state index contributed by atoms with van der Waals surface area (Å²) in [5.74, 6) is 3.27. The van der Waals surface area contributed by atoms with Gasteiger partial charge in [0.05, 0.1) is 13.1 Å². The van der Waals surface area contributed by atoms with Crippen molar-refractivity contribution in [2.45, 2.75) is 39.0 Å². The van der Waals surface area contributed by atoms with E-state index < -0.39 is 5.60 Å². The Kier molecular flexibility index (Phi) is 6.06. The van der Waals surface area contributed by atoms with Gasteiger partial charge in [0.25, 0.3) is 0 Å². The number of aryl methyl sites for hydroxylation is 1. The van der Waals surface area contributed by atoms with Crippen LogP contribution in [0.4, 0.5) is 0 Å². The van der Waals surface area contributed by atoms with Crippen LogP contribution in [0.1, 0.15) is 46.1 Å². The van der Waals surface area contributed by atoms with Crippen LogP contribution in [0.25, 0.3) is 0 Å². The number of aliphatic hydroxyl groups is 1. The molecule has 0 atom stereocenters. The lowest BCUT2D eigenvalue weighted by atomic mass is 9.97. The highest BCUT2D eigenvalue weighted by Crippen LogP contribution is 2.41. The van der Waals surface area contributed by atoms with Gasteiger partial charge < -0.3 is 13.9 Å². The fraction of sp³-hybridized carbons (Fsp3) is 0.304. The van der Waals surface area contributed by atoms with Gasteiger partial charge in [-0.25, -0.2) is 0 Å². The van der Waals surface area contributed by atoms with E-state index in [9.17, 15) is 5.11 Å². The molecule has 29 heavy (non-hydrogen) atoms. The van der Waals surface area contributed by atoms with E-state index in [-0.39, 0.29) is 0 Å². The van der Waals surface area contributed by atoms with E-state index in [1.165, 1.54) is 22.7 Å². The average molecular weight is 428 g/mol. The molecule has 0 unspecified atom stereocenters. The summed E-state index contributed by atoms with van der Waals surface area (Å²) in [6.07, 6.45) is 1.04. The Bertz CT molecular complexity index is 980. The molecular formula is C23H25NO3S2. The summed E-state index contributed by atoms with van der Waals surface area (Å²) >= 11 is 3.06. The highest BCUT2D eigenvalue weighted by Gasteiger charge is 2.39. The Morgan fingerprint density at radius 1 is 0.897 bits per heavy atom. The number of rotatable bonds is 9. The Morgan fingerprint density at radius 2 is 1.52 bits per heavy atom. The van der Waals surface area contributed by atoms with Gasteiger partial charge >= 0.3 is 0 Å². The van der Waals surface area contributed by atoms with Gasteiger partial charge in [-0.05, 0) is 67.0 Å². The van der Waals surface area contributed by atoms with Crippen LogP contribution >= 0.6 is 22.7 Å². The SMILES string of the molecule is CCCN(Cc1ccc(C)o1)Cc1ccc(C(O)(c2cccs2)c2cccs2)o1. The Morgan fingerprint density at radius 3 is 2.03 bits per heavy atom. The molecule has 0 radical (unpaired) electrons. The van der Waals surface area contributed by atoms with Crippen molar-refractivity contribution in [2.24, 2.45) is 0 Å². The molecule has 0 saturated carbocycles. The average Bonchev–Trinajstić information content (AvgIpc) is 3.49. The van der Waals surface area contributed by atoms with Gasteiger partial charge in [0, 0.05) is 9.75 Å². The molecule has 0 aliphatic carbocycles. The summed E-state index contributed by atoms with van der Waals surface area (Å²) in [6, 6.07) is 15.7. The lowest BCUT2D eigenvalue weighted by Gasteiger charge is -2.24. The molecule has 0 spiro atoms. The monoisotopic (exact) mass is 427 g/mol. The minimum atomic E-state index is -1.26. The van der Waals surface area contributed by atoms with Crippen molar-refractivity contribution in [3.63, 3.8) is 0 Å². The zero-order chi connectivity index (χ0) is 20.3. The first-order valence-corrected chi connectivity index (χ1v) is 11.5. The van der Waals surface area contributed by atoms with Crippen molar-refractivity contribution < 1.29 is 13.9 Å². The van der Waals surface area contributed by atoms with E-state index in [1.807, 2.05) is 66.2 Å². The maximum absolute atomic E-state index is 11.7. The van der Waals surface area contributed by atoms with Crippen LogP contribution in [-0.2, 0) is 18.7 Å². The molecular weight excluding hydrogens is 402 g/mol. The first-order chi connectivity index (χ1) is 14.1. The first-order valence-electron chi connectivity index (χ1n) is 9.76. The molecule has 152 valence electrons. The fourth-order valence-corrected chi connectivity index (χ4v) is 5.28. The number of furan rings is 2. The summed E-state index contributed by atoms with van der Waals surface area (Å²) in [5, 5.41) is 15.6. The van der Waals surface area contributed by atoms with Crippen molar-refractivity contribution >= 4 is 22.7 Å². The van der Waals surface area contributed by atoms with Crippen LogP contribution in [-0.4, -0.2) is 16.6 Å². The summed E-state index contributed by atoms with van der Waals surface area (Å²) in [7, 11) is 0. The van der Waals surface area contributed by atoms with Gasteiger partial charge in [-0.1, -0.05) is 19.1 Å². The van der Waals surface area contributed by atoms with Gasteiger partial charge in [-0.15, -0.1) is 22.7 Å². The van der Waals surface area contributed by atoms with Gasteiger partial charge in [0.2, 0.25) is 0 Å². The maximum atomic E-state index is 11.7. The lowest BCUT2D eigenvalue weighted by molar-refractivity contribution is 0.102. The fourth-order valence-electron chi connectivity index (χ4n) is 3.53. The molecule has 0 aromatic carbocycles. The summed E-state index contributed by atoms with van der Waals surface area (Å²) in [6.45, 7) is 6.47. The quantitative estimate of drug-likeness (QED) is 0.356. The van der Waals surface area contributed by atoms with E-state index in [0.29, 0.717) is 12.3 Å². The molecule has 4 aromatic rings. The second-order valence-electron chi connectivity index (χ2n) is 7.15. The van der Waals surface area contributed by atoms with E-state index in [1.54, 1.807) is 0 Å². The van der Waals surface area contributed by atoms with Gasteiger partial charge in [-0.3, -0.25) is 4.90 Å².